The van der Waals surface area contributed by atoms with Crippen molar-refractivity contribution in [1.82, 2.24) is 24.7 Å². The highest BCUT2D eigenvalue weighted by atomic mass is 19.3. The number of halogens is 2. The summed E-state index contributed by atoms with van der Waals surface area (Å²) in [5.74, 6) is -2.96. The Labute approximate surface area is 160 Å². The number of alkyl halides is 2. The number of carbonyl (C=O) groups is 1. The molecular weight excluding hydrogens is 366 g/mol. The number of anilines is 1. The monoisotopic (exact) mass is 386 g/mol. The Morgan fingerprint density at radius 1 is 1.32 bits per heavy atom. The maximum Gasteiger partial charge on any atom is 0.303 e. The van der Waals surface area contributed by atoms with Crippen molar-refractivity contribution < 1.29 is 13.6 Å². The zero-order valence-electron chi connectivity index (χ0n) is 15.8. The van der Waals surface area contributed by atoms with Crippen molar-refractivity contribution in [2.75, 3.05) is 5.32 Å². The van der Waals surface area contributed by atoms with Gasteiger partial charge < -0.3 is 5.32 Å². The third-order valence-electron chi connectivity index (χ3n) is 4.60. The van der Waals surface area contributed by atoms with Gasteiger partial charge in [0.05, 0.1) is 11.2 Å². The average molecular weight is 386 g/mol. The van der Waals surface area contributed by atoms with E-state index < -0.39 is 11.7 Å². The van der Waals surface area contributed by atoms with Crippen LogP contribution in [-0.4, -0.2) is 30.6 Å². The molecule has 4 rings (SSSR count). The highest BCUT2D eigenvalue weighted by Gasteiger charge is 2.32. The number of pyridine rings is 1. The highest BCUT2D eigenvalue weighted by Crippen LogP contribution is 2.43. The number of fused-ring (bicyclic) bond motifs is 1. The van der Waals surface area contributed by atoms with Gasteiger partial charge in [-0.1, -0.05) is 6.92 Å². The zero-order chi connectivity index (χ0) is 20.1. The fourth-order valence-electron chi connectivity index (χ4n) is 3.08. The number of aromatic nitrogens is 5. The molecule has 3 aromatic rings. The normalized spacial score (nSPS) is 14.5. The second kappa shape index (κ2) is 6.57. The molecule has 0 aliphatic heterocycles. The second-order valence-electron chi connectivity index (χ2n) is 7.12. The van der Waals surface area contributed by atoms with Crippen LogP contribution in [0.4, 0.5) is 14.6 Å². The van der Waals surface area contributed by atoms with E-state index in [4.69, 9.17) is 0 Å². The third kappa shape index (κ3) is 3.44. The van der Waals surface area contributed by atoms with Gasteiger partial charge in [0.1, 0.15) is 5.82 Å². The molecule has 0 saturated heterocycles. The molecule has 1 amide bonds. The summed E-state index contributed by atoms with van der Waals surface area (Å²) in [6.45, 7) is 4.02. The van der Waals surface area contributed by atoms with Crippen LogP contribution in [-0.2, 0) is 17.1 Å². The molecule has 1 N–H and O–H groups in total. The Morgan fingerprint density at radius 3 is 2.68 bits per heavy atom. The number of nitrogens with zero attached hydrogens (tertiary/aromatic N) is 5. The third-order valence-corrected chi connectivity index (χ3v) is 4.60. The Hall–Kier alpha value is -2.97. The molecule has 0 radical (unpaired) electrons. The minimum Gasteiger partial charge on any atom is -0.311 e. The van der Waals surface area contributed by atoms with Crippen molar-refractivity contribution in [3.05, 3.63) is 35.5 Å². The molecule has 9 heteroatoms. The molecule has 1 aliphatic rings. The van der Waals surface area contributed by atoms with Gasteiger partial charge in [0.25, 0.3) is 0 Å². The van der Waals surface area contributed by atoms with Crippen molar-refractivity contribution in [3.63, 3.8) is 0 Å². The van der Waals surface area contributed by atoms with Gasteiger partial charge in [-0.2, -0.15) is 13.9 Å². The maximum atomic E-state index is 13.9. The van der Waals surface area contributed by atoms with E-state index >= 15 is 0 Å². The Morgan fingerprint density at radius 2 is 2.07 bits per heavy atom. The highest BCUT2D eigenvalue weighted by molar-refractivity contribution is 5.91. The predicted molar refractivity (Wildman–Crippen MR) is 99.7 cm³/mol. The summed E-state index contributed by atoms with van der Waals surface area (Å²) < 4.78 is 29.4. The fourth-order valence-corrected chi connectivity index (χ4v) is 3.08. The summed E-state index contributed by atoms with van der Waals surface area (Å²) in [7, 11) is 0. The minimum absolute atomic E-state index is 0.247. The molecule has 28 heavy (non-hydrogen) atoms. The first-order valence-electron chi connectivity index (χ1n) is 9.19. The standard InChI is InChI=1S/C19H20F2N6O/c1-4-12-7-16(25-18(24-12)19(3,20)21)27-14-8-15(23-10(2)28)22-9-13(14)17(26-27)11-5-6-11/h7-9,11H,4-6H2,1-3H3,(H,22,23,28). The van der Waals surface area contributed by atoms with Gasteiger partial charge in [-0.05, 0) is 19.3 Å². The van der Waals surface area contributed by atoms with E-state index in [0.717, 1.165) is 30.8 Å². The molecule has 3 heterocycles. The van der Waals surface area contributed by atoms with Crippen molar-refractivity contribution in [1.29, 1.82) is 0 Å². The van der Waals surface area contributed by atoms with Crippen LogP contribution in [0.15, 0.2) is 18.3 Å². The lowest BCUT2D eigenvalue weighted by atomic mass is 10.2. The molecule has 0 aromatic carbocycles. The first-order chi connectivity index (χ1) is 13.3. The van der Waals surface area contributed by atoms with Crippen LogP contribution in [0.25, 0.3) is 16.7 Å². The molecular formula is C19H20F2N6O. The van der Waals surface area contributed by atoms with Crippen LogP contribution >= 0.6 is 0 Å². The van der Waals surface area contributed by atoms with Crippen LogP contribution in [0.2, 0.25) is 0 Å². The number of amides is 1. The van der Waals surface area contributed by atoms with E-state index in [9.17, 15) is 13.6 Å². The first-order valence-corrected chi connectivity index (χ1v) is 9.19. The second-order valence-corrected chi connectivity index (χ2v) is 7.12. The largest absolute Gasteiger partial charge is 0.311 e. The predicted octanol–water partition coefficient (Wildman–Crippen LogP) is 3.72. The van der Waals surface area contributed by atoms with E-state index in [1.807, 2.05) is 6.92 Å². The smallest absolute Gasteiger partial charge is 0.303 e. The van der Waals surface area contributed by atoms with Crippen molar-refractivity contribution >= 4 is 22.6 Å². The van der Waals surface area contributed by atoms with Gasteiger partial charge in [0, 0.05) is 49.2 Å². The average Bonchev–Trinajstić information content (AvgIpc) is 3.41. The molecule has 0 unspecified atom stereocenters. The summed E-state index contributed by atoms with van der Waals surface area (Å²) >= 11 is 0. The van der Waals surface area contributed by atoms with Gasteiger partial charge in [-0.3, -0.25) is 4.79 Å². The van der Waals surface area contributed by atoms with Crippen LogP contribution < -0.4 is 5.32 Å². The van der Waals surface area contributed by atoms with Crippen LogP contribution in [0, 0.1) is 0 Å². The number of hydrogen-bond donors (Lipinski definition) is 1. The van der Waals surface area contributed by atoms with Crippen LogP contribution in [0.1, 0.15) is 56.7 Å². The summed E-state index contributed by atoms with van der Waals surface area (Å²) in [6.07, 6.45) is 4.21. The van der Waals surface area contributed by atoms with Crippen LogP contribution in [0.3, 0.4) is 0 Å². The molecule has 0 bridgehead atoms. The molecule has 1 fully saturated rings. The lowest BCUT2D eigenvalue weighted by Gasteiger charge is -2.12. The topological polar surface area (TPSA) is 85.6 Å². The fraction of sp³-hybridized carbons (Fsp3) is 0.421. The van der Waals surface area contributed by atoms with Crippen molar-refractivity contribution in [2.24, 2.45) is 0 Å². The van der Waals surface area contributed by atoms with E-state index in [0.29, 0.717) is 29.4 Å². The van der Waals surface area contributed by atoms with Crippen LogP contribution in [0.5, 0.6) is 0 Å². The van der Waals surface area contributed by atoms with Gasteiger partial charge in [-0.25, -0.2) is 19.6 Å². The lowest BCUT2D eigenvalue weighted by Crippen LogP contribution is -2.16. The molecule has 0 spiro atoms. The first kappa shape index (κ1) is 18.4. The van der Waals surface area contributed by atoms with E-state index in [-0.39, 0.29) is 11.7 Å². The quantitative estimate of drug-likeness (QED) is 0.722. The number of nitrogens with one attached hydrogen (secondary N) is 1. The molecule has 0 atom stereocenters. The molecule has 7 nitrogen and oxygen atoms in total. The van der Waals surface area contributed by atoms with Gasteiger partial charge in [-0.15, -0.1) is 0 Å². The number of hydrogen-bond acceptors (Lipinski definition) is 5. The molecule has 1 saturated carbocycles. The molecule has 146 valence electrons. The van der Waals surface area contributed by atoms with Gasteiger partial charge in [0.15, 0.2) is 5.82 Å². The Bertz CT molecular complexity index is 1070. The van der Waals surface area contributed by atoms with E-state index in [2.05, 4.69) is 25.4 Å². The summed E-state index contributed by atoms with van der Waals surface area (Å²) in [5, 5.41) is 8.14. The van der Waals surface area contributed by atoms with Crippen molar-refractivity contribution in [3.8, 4) is 5.82 Å². The molecule has 1 aliphatic carbocycles. The number of rotatable bonds is 5. The van der Waals surface area contributed by atoms with Gasteiger partial charge >= 0.3 is 5.92 Å². The van der Waals surface area contributed by atoms with E-state index in [1.165, 1.54) is 6.92 Å². The Balaban J connectivity index is 1.93. The number of aryl methyl sites for hydroxylation is 1. The zero-order valence-corrected chi connectivity index (χ0v) is 15.8. The number of carbonyl (C=O) groups excluding carboxylic acids is 1. The minimum atomic E-state index is -3.16. The Kier molecular flexibility index (Phi) is 4.32. The molecule has 3 aromatic heterocycles. The SMILES string of the molecule is CCc1cc(-n2nc(C3CC3)c3cnc(NC(C)=O)cc32)nc(C(C)(F)F)n1. The van der Waals surface area contributed by atoms with Crippen molar-refractivity contribution in [2.45, 2.75) is 51.9 Å². The lowest BCUT2D eigenvalue weighted by molar-refractivity contribution is -0.114. The van der Waals surface area contributed by atoms with E-state index in [1.54, 1.807) is 23.0 Å². The summed E-state index contributed by atoms with van der Waals surface area (Å²) in [6, 6.07) is 3.35. The summed E-state index contributed by atoms with van der Waals surface area (Å²) in [5.41, 5.74) is 2.04. The van der Waals surface area contributed by atoms with Gasteiger partial charge in [0.2, 0.25) is 11.7 Å². The summed E-state index contributed by atoms with van der Waals surface area (Å²) in [4.78, 5) is 23.7. The maximum absolute atomic E-state index is 13.9.